The van der Waals surface area contributed by atoms with Crippen molar-refractivity contribution < 1.29 is 4.79 Å². The van der Waals surface area contributed by atoms with Gasteiger partial charge in [0.2, 0.25) is 5.91 Å². The molecule has 0 unspecified atom stereocenters. The average Bonchev–Trinajstić information content (AvgIpc) is 3.16. The van der Waals surface area contributed by atoms with Crippen LogP contribution in [0.2, 0.25) is 0 Å². The van der Waals surface area contributed by atoms with E-state index in [9.17, 15) is 9.59 Å². The van der Waals surface area contributed by atoms with Crippen molar-refractivity contribution >= 4 is 39.2 Å². The Bertz CT molecular complexity index is 951. The number of carbonyl (C=O) groups excluding carboxylic acids is 1. The minimum atomic E-state index is -0.0317. The molecule has 1 aromatic carbocycles. The Morgan fingerprint density at radius 3 is 2.85 bits per heavy atom. The number of aryl methyl sites for hydroxylation is 1. The number of carbonyl (C=O) groups is 1. The van der Waals surface area contributed by atoms with Crippen molar-refractivity contribution in [2.75, 3.05) is 12.3 Å². The summed E-state index contributed by atoms with van der Waals surface area (Å²) < 4.78 is 2.37. The van der Waals surface area contributed by atoms with E-state index in [0.29, 0.717) is 28.5 Å². The average molecular weight is 402 g/mol. The van der Waals surface area contributed by atoms with Crippen LogP contribution in [0.3, 0.4) is 0 Å². The van der Waals surface area contributed by atoms with Gasteiger partial charge in [-0.2, -0.15) is 0 Å². The van der Waals surface area contributed by atoms with Gasteiger partial charge < -0.3 is 5.32 Å². The minimum Gasteiger partial charge on any atom is -0.355 e. The second-order valence-corrected chi connectivity index (χ2v) is 8.07. The number of hydrogen-bond acceptors (Lipinski definition) is 5. The van der Waals surface area contributed by atoms with Gasteiger partial charge in [0, 0.05) is 13.1 Å². The second-order valence-electron chi connectivity index (χ2n) is 6.21. The lowest BCUT2D eigenvalue weighted by Crippen LogP contribution is -2.27. The van der Waals surface area contributed by atoms with E-state index < -0.39 is 0 Å². The normalized spacial score (nSPS) is 11.0. The number of fused-ring (bicyclic) bond motifs is 1. The van der Waals surface area contributed by atoms with Gasteiger partial charge in [0.05, 0.1) is 11.3 Å². The first-order chi connectivity index (χ1) is 13.2. The van der Waals surface area contributed by atoms with Crippen LogP contribution < -0.4 is 10.9 Å². The molecule has 1 N–H and O–H groups in total. The maximum atomic E-state index is 12.6. The van der Waals surface area contributed by atoms with Crippen LogP contribution >= 0.6 is 23.1 Å². The number of aromatic nitrogens is 2. The summed E-state index contributed by atoms with van der Waals surface area (Å²) in [5, 5.41) is 5.44. The second kappa shape index (κ2) is 9.71. The highest BCUT2D eigenvalue weighted by atomic mass is 32.2. The first-order valence-electron chi connectivity index (χ1n) is 9.10. The Labute approximate surface area is 166 Å². The zero-order chi connectivity index (χ0) is 19.1. The molecule has 2 heterocycles. The number of hydrogen-bond donors (Lipinski definition) is 1. The molecule has 142 valence electrons. The number of nitrogens with one attached hydrogen (secondary N) is 1. The van der Waals surface area contributed by atoms with Gasteiger partial charge in [-0.25, -0.2) is 4.98 Å². The predicted molar refractivity (Wildman–Crippen MR) is 113 cm³/mol. The van der Waals surface area contributed by atoms with Gasteiger partial charge in [0.15, 0.2) is 5.16 Å². The number of amides is 1. The van der Waals surface area contributed by atoms with E-state index in [-0.39, 0.29) is 17.2 Å². The monoisotopic (exact) mass is 401 g/mol. The van der Waals surface area contributed by atoms with Crippen LogP contribution in [0.5, 0.6) is 0 Å². The topological polar surface area (TPSA) is 64.0 Å². The van der Waals surface area contributed by atoms with E-state index in [0.717, 1.165) is 19.3 Å². The van der Waals surface area contributed by atoms with Crippen molar-refractivity contribution in [2.24, 2.45) is 0 Å². The molecule has 3 rings (SSSR count). The van der Waals surface area contributed by atoms with Crippen LogP contribution in [0.25, 0.3) is 10.2 Å². The molecule has 0 aliphatic carbocycles. The third-order valence-electron chi connectivity index (χ3n) is 4.12. The van der Waals surface area contributed by atoms with Crippen LogP contribution in [-0.4, -0.2) is 27.8 Å². The van der Waals surface area contributed by atoms with Crippen molar-refractivity contribution in [1.82, 2.24) is 14.9 Å². The molecule has 27 heavy (non-hydrogen) atoms. The minimum absolute atomic E-state index is 0.0115. The summed E-state index contributed by atoms with van der Waals surface area (Å²) in [5.74, 6) is 0.229. The van der Waals surface area contributed by atoms with Gasteiger partial charge in [-0.05, 0) is 36.3 Å². The number of nitrogens with zero attached hydrogens (tertiary/aromatic N) is 2. The number of thioether (sulfide) groups is 1. The van der Waals surface area contributed by atoms with Gasteiger partial charge in [0.1, 0.15) is 4.70 Å². The smallest absolute Gasteiger partial charge is 0.272 e. The first kappa shape index (κ1) is 19.6. The summed E-state index contributed by atoms with van der Waals surface area (Å²) in [4.78, 5) is 29.3. The van der Waals surface area contributed by atoms with E-state index in [1.54, 1.807) is 4.57 Å². The molecule has 5 nitrogen and oxygen atoms in total. The Hall–Kier alpha value is -2.12. The zero-order valence-corrected chi connectivity index (χ0v) is 16.9. The Balaban J connectivity index is 1.53. The third-order valence-corrected chi connectivity index (χ3v) is 5.99. The number of benzene rings is 1. The van der Waals surface area contributed by atoms with Gasteiger partial charge in [-0.15, -0.1) is 11.3 Å². The van der Waals surface area contributed by atoms with Crippen LogP contribution in [-0.2, 0) is 17.8 Å². The molecule has 3 aromatic rings. The van der Waals surface area contributed by atoms with Crippen molar-refractivity contribution in [3.05, 3.63) is 57.7 Å². The van der Waals surface area contributed by atoms with Crippen LogP contribution in [0.15, 0.2) is 51.7 Å². The molecule has 0 bridgehead atoms. The standard InChI is InChI=1S/C20H23N3O2S2/c1-2-12-23-19(25)18-16(10-13-26-18)22-20(23)27-14-17(24)21-11-6-9-15-7-4-3-5-8-15/h3-5,7-8,10,13H,2,6,9,11-12,14H2,1H3,(H,21,24). The van der Waals surface area contributed by atoms with Crippen LogP contribution in [0.1, 0.15) is 25.3 Å². The lowest BCUT2D eigenvalue weighted by atomic mass is 10.1. The maximum Gasteiger partial charge on any atom is 0.272 e. The molecule has 0 aliphatic rings. The van der Waals surface area contributed by atoms with Crippen molar-refractivity contribution in [3.63, 3.8) is 0 Å². The molecule has 0 aliphatic heterocycles. The highest BCUT2D eigenvalue weighted by Crippen LogP contribution is 2.21. The Kier molecular flexibility index (Phi) is 7.06. The summed E-state index contributed by atoms with van der Waals surface area (Å²) >= 11 is 2.74. The molecule has 0 radical (unpaired) electrons. The fourth-order valence-corrected chi connectivity index (χ4v) is 4.43. The number of rotatable bonds is 9. The third kappa shape index (κ3) is 5.20. The highest BCUT2D eigenvalue weighted by Gasteiger charge is 2.13. The molecular formula is C20H23N3O2S2. The molecule has 1 amide bonds. The van der Waals surface area contributed by atoms with Crippen molar-refractivity contribution in [1.29, 1.82) is 0 Å². The zero-order valence-electron chi connectivity index (χ0n) is 15.3. The van der Waals surface area contributed by atoms with Gasteiger partial charge in [0.25, 0.3) is 5.56 Å². The molecule has 7 heteroatoms. The summed E-state index contributed by atoms with van der Waals surface area (Å²) in [5.41, 5.74) is 1.98. The predicted octanol–water partition coefficient (Wildman–Crippen LogP) is 3.71. The van der Waals surface area contributed by atoms with Crippen LogP contribution in [0, 0.1) is 0 Å². The van der Waals surface area contributed by atoms with E-state index in [4.69, 9.17) is 0 Å². The van der Waals surface area contributed by atoms with E-state index in [2.05, 4.69) is 22.4 Å². The van der Waals surface area contributed by atoms with E-state index in [1.165, 1.54) is 28.7 Å². The summed E-state index contributed by atoms with van der Waals surface area (Å²) in [6.45, 7) is 3.28. The maximum absolute atomic E-state index is 12.6. The lowest BCUT2D eigenvalue weighted by Gasteiger charge is -2.11. The van der Waals surface area contributed by atoms with Gasteiger partial charge in [-0.3, -0.25) is 14.2 Å². The Morgan fingerprint density at radius 2 is 2.07 bits per heavy atom. The highest BCUT2D eigenvalue weighted by molar-refractivity contribution is 7.99. The largest absolute Gasteiger partial charge is 0.355 e. The fraction of sp³-hybridized carbons (Fsp3) is 0.350. The van der Waals surface area contributed by atoms with Crippen molar-refractivity contribution in [3.8, 4) is 0 Å². The summed E-state index contributed by atoms with van der Waals surface area (Å²) in [6, 6.07) is 12.1. The quantitative estimate of drug-likeness (QED) is 0.337. The van der Waals surface area contributed by atoms with Crippen molar-refractivity contribution in [2.45, 2.75) is 37.9 Å². The fourth-order valence-electron chi connectivity index (χ4n) is 2.80. The van der Waals surface area contributed by atoms with E-state index in [1.807, 2.05) is 36.6 Å². The lowest BCUT2D eigenvalue weighted by molar-refractivity contribution is -0.118. The molecular weight excluding hydrogens is 378 g/mol. The van der Waals surface area contributed by atoms with Crippen LogP contribution in [0.4, 0.5) is 0 Å². The van der Waals surface area contributed by atoms with E-state index >= 15 is 0 Å². The molecule has 0 spiro atoms. The Morgan fingerprint density at radius 1 is 1.26 bits per heavy atom. The molecule has 0 saturated heterocycles. The first-order valence-corrected chi connectivity index (χ1v) is 11.0. The molecule has 0 atom stereocenters. The molecule has 0 saturated carbocycles. The summed E-state index contributed by atoms with van der Waals surface area (Å²) in [7, 11) is 0. The van der Waals surface area contributed by atoms with Gasteiger partial charge >= 0.3 is 0 Å². The molecule has 0 fully saturated rings. The number of thiophene rings is 1. The summed E-state index contributed by atoms with van der Waals surface area (Å²) in [6.07, 6.45) is 2.69. The SMILES string of the molecule is CCCn1c(SCC(=O)NCCCc2ccccc2)nc2ccsc2c1=O. The van der Waals surface area contributed by atoms with Gasteiger partial charge in [-0.1, -0.05) is 49.0 Å². The molecule has 2 aromatic heterocycles.